The Bertz CT molecular complexity index is 872. The molecular formula is C24H30N2O. The molecule has 1 aliphatic carbocycles. The van der Waals surface area contributed by atoms with Crippen LogP contribution in [-0.4, -0.2) is 28.4 Å². The molecule has 2 bridgehead atoms. The minimum absolute atomic E-state index is 0.0947. The molecule has 2 aliphatic rings. The van der Waals surface area contributed by atoms with Crippen molar-refractivity contribution >= 4 is 5.91 Å². The van der Waals surface area contributed by atoms with Gasteiger partial charge in [0.15, 0.2) is 0 Å². The number of carbonyl (C=O) groups is 1. The zero-order chi connectivity index (χ0) is 19.2. The second-order valence-corrected chi connectivity index (χ2v) is 9.57. The number of hydrogen-bond acceptors (Lipinski definition) is 2. The minimum atomic E-state index is 0.0947. The maximum atomic E-state index is 13.3. The van der Waals surface area contributed by atoms with Gasteiger partial charge in [0.1, 0.15) is 5.69 Å². The molecule has 4 rings (SSSR count). The Kier molecular flexibility index (Phi) is 4.37. The number of nitrogens with zero attached hydrogens (tertiary/aromatic N) is 2. The van der Waals surface area contributed by atoms with Crippen LogP contribution in [0.25, 0.3) is 11.3 Å². The van der Waals surface area contributed by atoms with Crippen molar-refractivity contribution in [2.45, 2.75) is 59.4 Å². The molecule has 2 aromatic rings. The van der Waals surface area contributed by atoms with Crippen LogP contribution in [0.1, 0.15) is 63.0 Å². The number of amides is 1. The summed E-state index contributed by atoms with van der Waals surface area (Å²) in [6, 6.07) is 14.5. The fourth-order valence-corrected chi connectivity index (χ4v) is 5.63. The molecule has 1 saturated heterocycles. The van der Waals surface area contributed by atoms with Gasteiger partial charge in [0.25, 0.3) is 5.91 Å². The normalized spacial score (nSPS) is 26.2. The quantitative estimate of drug-likeness (QED) is 0.737. The van der Waals surface area contributed by atoms with E-state index in [0.717, 1.165) is 37.1 Å². The molecule has 2 heterocycles. The lowest BCUT2D eigenvalue weighted by Gasteiger charge is -2.39. The number of carbonyl (C=O) groups excluding carboxylic acids is 1. The Balaban J connectivity index is 1.64. The Morgan fingerprint density at radius 2 is 1.89 bits per heavy atom. The van der Waals surface area contributed by atoms with Gasteiger partial charge in [-0.3, -0.25) is 4.79 Å². The summed E-state index contributed by atoms with van der Waals surface area (Å²) in [7, 11) is 0. The lowest BCUT2D eigenvalue weighted by Crippen LogP contribution is -2.38. The van der Waals surface area contributed by atoms with Gasteiger partial charge < -0.3 is 4.90 Å². The number of aromatic nitrogens is 1. The number of aryl methyl sites for hydroxylation is 1. The highest BCUT2D eigenvalue weighted by Gasteiger charge is 2.51. The van der Waals surface area contributed by atoms with Crippen LogP contribution in [0.2, 0.25) is 0 Å². The first-order valence-electron chi connectivity index (χ1n) is 10.2. The van der Waals surface area contributed by atoms with Gasteiger partial charge >= 0.3 is 0 Å². The van der Waals surface area contributed by atoms with Crippen LogP contribution in [0, 0.1) is 10.8 Å². The van der Waals surface area contributed by atoms with E-state index in [1.807, 2.05) is 24.3 Å². The molecule has 1 saturated carbocycles. The first-order chi connectivity index (χ1) is 12.8. The van der Waals surface area contributed by atoms with E-state index in [4.69, 9.17) is 4.98 Å². The third-order valence-electron chi connectivity index (χ3n) is 6.32. The van der Waals surface area contributed by atoms with Crippen molar-refractivity contribution in [3.8, 4) is 11.3 Å². The Hall–Kier alpha value is -2.16. The molecule has 0 unspecified atom stereocenters. The topological polar surface area (TPSA) is 33.2 Å². The monoisotopic (exact) mass is 362 g/mol. The van der Waals surface area contributed by atoms with Crippen molar-refractivity contribution in [1.82, 2.24) is 9.88 Å². The van der Waals surface area contributed by atoms with Crippen LogP contribution in [-0.2, 0) is 6.42 Å². The van der Waals surface area contributed by atoms with Crippen LogP contribution >= 0.6 is 0 Å². The largest absolute Gasteiger partial charge is 0.334 e. The van der Waals surface area contributed by atoms with E-state index in [1.165, 1.54) is 12.0 Å². The highest BCUT2D eigenvalue weighted by Crippen LogP contribution is 2.52. The second kappa shape index (κ2) is 6.47. The summed E-state index contributed by atoms with van der Waals surface area (Å²) in [6.07, 6.45) is 4.36. The zero-order valence-corrected chi connectivity index (χ0v) is 17.0. The molecule has 0 N–H and O–H groups in total. The standard InChI is InChI=1S/C24H30N2O/c1-5-17-9-6-7-10-19(17)20-11-8-12-21(25-20)22(27)26-16-24(4)14-18(26)13-23(2,3)15-24/h6-12,18H,5,13-16H2,1-4H3/t18-,24-/m1/s1. The molecule has 3 heteroatoms. The first kappa shape index (κ1) is 18.2. The van der Waals surface area contributed by atoms with Crippen molar-refractivity contribution in [3.63, 3.8) is 0 Å². The number of likely N-dealkylation sites (tertiary alicyclic amines) is 1. The Morgan fingerprint density at radius 1 is 1.11 bits per heavy atom. The number of rotatable bonds is 3. The number of fused-ring (bicyclic) bond motifs is 2. The van der Waals surface area contributed by atoms with E-state index in [2.05, 4.69) is 50.8 Å². The summed E-state index contributed by atoms with van der Waals surface area (Å²) in [6.45, 7) is 10.0. The van der Waals surface area contributed by atoms with Gasteiger partial charge in [0, 0.05) is 18.2 Å². The average Bonchev–Trinajstić information content (AvgIpc) is 2.89. The summed E-state index contributed by atoms with van der Waals surface area (Å²) in [5, 5.41) is 0. The molecule has 3 nitrogen and oxygen atoms in total. The van der Waals surface area contributed by atoms with Crippen molar-refractivity contribution in [2.24, 2.45) is 10.8 Å². The highest BCUT2D eigenvalue weighted by molar-refractivity contribution is 5.93. The molecule has 1 aromatic carbocycles. The highest BCUT2D eigenvalue weighted by atomic mass is 16.2. The second-order valence-electron chi connectivity index (χ2n) is 9.57. The number of benzene rings is 1. The summed E-state index contributed by atoms with van der Waals surface area (Å²) in [4.78, 5) is 20.2. The van der Waals surface area contributed by atoms with Gasteiger partial charge in [-0.2, -0.15) is 0 Å². The van der Waals surface area contributed by atoms with Gasteiger partial charge in [-0.25, -0.2) is 4.98 Å². The lowest BCUT2D eigenvalue weighted by atomic mass is 9.65. The SMILES string of the molecule is CCc1ccccc1-c1cccc(C(=O)N2C[C@]3(C)C[C@H]2CC(C)(C)C3)n1. The van der Waals surface area contributed by atoms with Gasteiger partial charge in [-0.1, -0.05) is 58.0 Å². The van der Waals surface area contributed by atoms with Crippen LogP contribution in [0.4, 0.5) is 0 Å². The summed E-state index contributed by atoms with van der Waals surface area (Å²) in [5.74, 6) is 0.0947. The predicted molar refractivity (Wildman–Crippen MR) is 110 cm³/mol. The van der Waals surface area contributed by atoms with E-state index >= 15 is 0 Å². The first-order valence-corrected chi connectivity index (χ1v) is 10.2. The van der Waals surface area contributed by atoms with Gasteiger partial charge in [0.2, 0.25) is 0 Å². The average molecular weight is 363 g/mol. The van der Waals surface area contributed by atoms with Crippen molar-refractivity contribution in [3.05, 3.63) is 53.7 Å². The van der Waals surface area contributed by atoms with Crippen molar-refractivity contribution in [2.75, 3.05) is 6.54 Å². The third kappa shape index (κ3) is 3.40. The maximum Gasteiger partial charge on any atom is 0.272 e. The van der Waals surface area contributed by atoms with E-state index < -0.39 is 0 Å². The summed E-state index contributed by atoms with van der Waals surface area (Å²) in [5.41, 5.74) is 4.42. The van der Waals surface area contributed by atoms with E-state index in [-0.39, 0.29) is 11.3 Å². The molecule has 142 valence electrons. The van der Waals surface area contributed by atoms with Crippen LogP contribution in [0.3, 0.4) is 0 Å². The maximum absolute atomic E-state index is 13.3. The Labute approximate surface area is 162 Å². The van der Waals surface area contributed by atoms with E-state index in [9.17, 15) is 4.79 Å². The van der Waals surface area contributed by atoms with Crippen molar-refractivity contribution in [1.29, 1.82) is 0 Å². The molecule has 1 aromatic heterocycles. The van der Waals surface area contributed by atoms with E-state index in [0.29, 0.717) is 17.2 Å². The van der Waals surface area contributed by atoms with Gasteiger partial charge in [0.05, 0.1) is 5.69 Å². The molecule has 0 spiro atoms. The zero-order valence-electron chi connectivity index (χ0n) is 17.0. The molecule has 2 atom stereocenters. The van der Waals surface area contributed by atoms with Gasteiger partial charge in [-0.05, 0) is 54.2 Å². The lowest BCUT2D eigenvalue weighted by molar-refractivity contribution is 0.0702. The molecular weight excluding hydrogens is 332 g/mol. The molecule has 2 fully saturated rings. The molecule has 27 heavy (non-hydrogen) atoms. The fourth-order valence-electron chi connectivity index (χ4n) is 5.63. The molecule has 0 radical (unpaired) electrons. The fraction of sp³-hybridized carbons (Fsp3) is 0.500. The molecule has 1 amide bonds. The van der Waals surface area contributed by atoms with E-state index in [1.54, 1.807) is 0 Å². The smallest absolute Gasteiger partial charge is 0.272 e. The van der Waals surface area contributed by atoms with Crippen LogP contribution in [0.15, 0.2) is 42.5 Å². The van der Waals surface area contributed by atoms with Crippen LogP contribution < -0.4 is 0 Å². The number of pyridine rings is 1. The van der Waals surface area contributed by atoms with Gasteiger partial charge in [-0.15, -0.1) is 0 Å². The predicted octanol–water partition coefficient (Wildman–Crippen LogP) is 5.35. The number of hydrogen-bond donors (Lipinski definition) is 0. The van der Waals surface area contributed by atoms with Crippen molar-refractivity contribution < 1.29 is 4.79 Å². The Morgan fingerprint density at radius 3 is 2.67 bits per heavy atom. The minimum Gasteiger partial charge on any atom is -0.334 e. The third-order valence-corrected chi connectivity index (χ3v) is 6.32. The van der Waals surface area contributed by atoms with Crippen LogP contribution in [0.5, 0.6) is 0 Å². The molecule has 1 aliphatic heterocycles. The summed E-state index contributed by atoms with van der Waals surface area (Å²) >= 11 is 0. The summed E-state index contributed by atoms with van der Waals surface area (Å²) < 4.78 is 0.